The molecule has 5 nitrogen and oxygen atoms in total. The maximum absolute atomic E-state index is 12.8. The second-order valence-corrected chi connectivity index (χ2v) is 10.1. The van der Waals surface area contributed by atoms with Gasteiger partial charge in [0.25, 0.3) is 0 Å². The molecule has 0 spiro atoms. The topological polar surface area (TPSA) is 52.7 Å². The zero-order valence-electron chi connectivity index (χ0n) is 18.6. The fourth-order valence-electron chi connectivity index (χ4n) is 3.79. The first-order chi connectivity index (χ1) is 15.5. The summed E-state index contributed by atoms with van der Waals surface area (Å²) < 4.78 is 0. The van der Waals surface area contributed by atoms with E-state index in [1.807, 2.05) is 47.4 Å². The van der Waals surface area contributed by atoms with Gasteiger partial charge in [0.1, 0.15) is 0 Å². The van der Waals surface area contributed by atoms with Crippen molar-refractivity contribution in [1.29, 1.82) is 0 Å². The van der Waals surface area contributed by atoms with Crippen molar-refractivity contribution in [3.63, 3.8) is 0 Å². The molecule has 2 aromatic rings. The summed E-state index contributed by atoms with van der Waals surface area (Å²) in [4.78, 5) is 30.3. The Morgan fingerprint density at radius 1 is 1.03 bits per heavy atom. The molecule has 172 valence electrons. The molecule has 1 aliphatic rings. The number of rotatable bonds is 9. The Balaban J connectivity index is 1.36. The van der Waals surface area contributed by atoms with Gasteiger partial charge in [-0.1, -0.05) is 48.9 Å². The van der Waals surface area contributed by atoms with Gasteiger partial charge in [-0.15, -0.1) is 11.8 Å². The maximum Gasteiger partial charge on any atom is 0.234 e. The predicted octanol–water partition coefficient (Wildman–Crippen LogP) is 4.10. The first-order valence-electron chi connectivity index (χ1n) is 11.2. The van der Waals surface area contributed by atoms with Crippen molar-refractivity contribution < 1.29 is 9.59 Å². The van der Waals surface area contributed by atoms with Crippen LogP contribution in [0, 0.1) is 0 Å². The third kappa shape index (κ3) is 8.49. The molecule has 2 aromatic carbocycles. The van der Waals surface area contributed by atoms with Gasteiger partial charge in [0.2, 0.25) is 11.8 Å². The highest BCUT2D eigenvalue weighted by molar-refractivity contribution is 8.00. The standard InChI is InChI=1S/C25H32ClN3O2S/c1-20(32-23-10-8-22(26)9-11-23)18-25(31)29-15-5-14-28(16-17-29)19-24(30)27-13-12-21-6-3-2-4-7-21/h2-4,6-11,20H,5,12-19H2,1H3,(H,27,30). The Hall–Kier alpha value is -2.02. The Morgan fingerprint density at radius 2 is 1.78 bits per heavy atom. The summed E-state index contributed by atoms with van der Waals surface area (Å²) >= 11 is 7.64. The number of halogens is 1. The second-order valence-electron chi connectivity index (χ2n) is 8.18. The van der Waals surface area contributed by atoms with E-state index in [1.165, 1.54) is 5.56 Å². The summed E-state index contributed by atoms with van der Waals surface area (Å²) in [6, 6.07) is 17.9. The Kier molecular flexibility index (Phi) is 9.90. The van der Waals surface area contributed by atoms with E-state index in [4.69, 9.17) is 11.6 Å². The molecule has 2 amide bonds. The summed E-state index contributed by atoms with van der Waals surface area (Å²) in [6.45, 7) is 6.12. The summed E-state index contributed by atoms with van der Waals surface area (Å²) in [7, 11) is 0. The highest BCUT2D eigenvalue weighted by Crippen LogP contribution is 2.27. The van der Waals surface area contributed by atoms with Gasteiger partial charge in [-0.25, -0.2) is 0 Å². The molecule has 0 aliphatic carbocycles. The number of carbonyl (C=O) groups is 2. The minimum atomic E-state index is 0.0497. The van der Waals surface area contributed by atoms with Crippen molar-refractivity contribution in [3.05, 3.63) is 65.2 Å². The SMILES string of the molecule is CC(CC(=O)N1CCCN(CC(=O)NCCc2ccccc2)CC1)Sc1ccc(Cl)cc1. The number of hydrogen-bond acceptors (Lipinski definition) is 4. The van der Waals surface area contributed by atoms with Gasteiger partial charge in [-0.3, -0.25) is 14.5 Å². The van der Waals surface area contributed by atoms with E-state index in [2.05, 4.69) is 29.3 Å². The summed E-state index contributed by atoms with van der Waals surface area (Å²) in [5.74, 6) is 0.238. The average molecular weight is 474 g/mol. The first-order valence-corrected chi connectivity index (χ1v) is 12.5. The lowest BCUT2D eigenvalue weighted by atomic mass is 10.1. The molecule has 3 rings (SSSR count). The van der Waals surface area contributed by atoms with Crippen LogP contribution in [-0.2, 0) is 16.0 Å². The number of thioether (sulfide) groups is 1. The van der Waals surface area contributed by atoms with Crippen molar-refractivity contribution >= 4 is 35.2 Å². The number of amides is 2. The lowest BCUT2D eigenvalue weighted by Crippen LogP contribution is -2.40. The van der Waals surface area contributed by atoms with Crippen LogP contribution in [0.15, 0.2) is 59.5 Å². The minimum absolute atomic E-state index is 0.0497. The Labute approximate surface area is 200 Å². The fraction of sp³-hybridized carbons (Fsp3) is 0.440. The number of benzene rings is 2. The number of nitrogens with zero attached hydrogens (tertiary/aromatic N) is 2. The molecule has 0 saturated carbocycles. The van der Waals surface area contributed by atoms with Crippen molar-refractivity contribution in [3.8, 4) is 0 Å². The van der Waals surface area contributed by atoms with Crippen LogP contribution in [0.5, 0.6) is 0 Å². The molecule has 1 saturated heterocycles. The quantitative estimate of drug-likeness (QED) is 0.557. The van der Waals surface area contributed by atoms with Crippen molar-refractivity contribution in [2.75, 3.05) is 39.3 Å². The summed E-state index contributed by atoms with van der Waals surface area (Å²) in [5, 5.41) is 3.93. The van der Waals surface area contributed by atoms with E-state index < -0.39 is 0 Å². The van der Waals surface area contributed by atoms with E-state index in [-0.39, 0.29) is 17.1 Å². The van der Waals surface area contributed by atoms with Crippen LogP contribution in [0.25, 0.3) is 0 Å². The Morgan fingerprint density at radius 3 is 2.53 bits per heavy atom. The van der Waals surface area contributed by atoms with E-state index in [1.54, 1.807) is 11.8 Å². The van der Waals surface area contributed by atoms with Gasteiger partial charge >= 0.3 is 0 Å². The molecule has 1 heterocycles. The zero-order chi connectivity index (χ0) is 22.8. The van der Waals surface area contributed by atoms with Crippen LogP contribution in [-0.4, -0.2) is 66.1 Å². The van der Waals surface area contributed by atoms with E-state index >= 15 is 0 Å². The van der Waals surface area contributed by atoms with Crippen LogP contribution < -0.4 is 5.32 Å². The van der Waals surface area contributed by atoms with Crippen molar-refractivity contribution in [2.24, 2.45) is 0 Å². The van der Waals surface area contributed by atoms with Gasteiger partial charge in [0.05, 0.1) is 6.54 Å². The molecule has 1 fully saturated rings. The largest absolute Gasteiger partial charge is 0.355 e. The Bertz CT molecular complexity index is 863. The molecule has 1 atom stereocenters. The maximum atomic E-state index is 12.8. The van der Waals surface area contributed by atoms with Crippen LogP contribution >= 0.6 is 23.4 Å². The molecule has 1 aliphatic heterocycles. The highest BCUT2D eigenvalue weighted by Gasteiger charge is 2.22. The fourth-order valence-corrected chi connectivity index (χ4v) is 4.90. The smallest absolute Gasteiger partial charge is 0.234 e. The third-order valence-corrected chi connectivity index (χ3v) is 6.87. The molecular formula is C25H32ClN3O2S. The molecule has 1 N–H and O–H groups in total. The normalized spacial score (nSPS) is 15.8. The highest BCUT2D eigenvalue weighted by atomic mass is 35.5. The van der Waals surface area contributed by atoms with E-state index in [9.17, 15) is 9.59 Å². The summed E-state index contributed by atoms with van der Waals surface area (Å²) in [6.07, 6.45) is 2.23. The van der Waals surface area contributed by atoms with Gasteiger partial charge in [-0.2, -0.15) is 0 Å². The molecular weight excluding hydrogens is 442 g/mol. The molecule has 0 bridgehead atoms. The molecule has 1 unspecified atom stereocenters. The van der Waals surface area contributed by atoms with Gasteiger partial charge in [0.15, 0.2) is 0 Å². The molecule has 0 radical (unpaired) electrons. The summed E-state index contributed by atoms with van der Waals surface area (Å²) in [5.41, 5.74) is 1.22. The molecule has 7 heteroatoms. The van der Waals surface area contributed by atoms with Gasteiger partial charge in [0, 0.05) is 54.3 Å². The number of hydrogen-bond donors (Lipinski definition) is 1. The lowest BCUT2D eigenvalue weighted by molar-refractivity contribution is -0.130. The van der Waals surface area contributed by atoms with Crippen molar-refractivity contribution in [2.45, 2.75) is 36.3 Å². The van der Waals surface area contributed by atoms with Gasteiger partial charge in [-0.05, 0) is 42.7 Å². The predicted molar refractivity (Wildman–Crippen MR) is 132 cm³/mol. The average Bonchev–Trinajstić information content (AvgIpc) is 3.02. The lowest BCUT2D eigenvalue weighted by Gasteiger charge is -2.23. The van der Waals surface area contributed by atoms with Crippen LogP contribution in [0.3, 0.4) is 0 Å². The second kappa shape index (κ2) is 12.9. The number of nitrogens with one attached hydrogen (secondary N) is 1. The molecule has 32 heavy (non-hydrogen) atoms. The van der Waals surface area contributed by atoms with Crippen LogP contribution in [0.1, 0.15) is 25.3 Å². The monoisotopic (exact) mass is 473 g/mol. The zero-order valence-corrected chi connectivity index (χ0v) is 20.2. The minimum Gasteiger partial charge on any atom is -0.355 e. The first kappa shape index (κ1) is 24.6. The van der Waals surface area contributed by atoms with Crippen LogP contribution in [0.4, 0.5) is 0 Å². The van der Waals surface area contributed by atoms with Crippen molar-refractivity contribution in [1.82, 2.24) is 15.1 Å². The van der Waals surface area contributed by atoms with E-state index in [0.717, 1.165) is 42.4 Å². The van der Waals surface area contributed by atoms with Gasteiger partial charge < -0.3 is 10.2 Å². The van der Waals surface area contributed by atoms with Crippen LogP contribution in [0.2, 0.25) is 5.02 Å². The van der Waals surface area contributed by atoms with E-state index in [0.29, 0.717) is 26.1 Å². The number of carbonyl (C=O) groups excluding carboxylic acids is 2. The molecule has 0 aromatic heterocycles. The third-order valence-electron chi connectivity index (χ3n) is 5.50.